The molecule has 4 aromatic heterocycles. The second-order valence-corrected chi connectivity index (χ2v) is 11.9. The Morgan fingerprint density at radius 3 is 2.15 bits per heavy atom. The Bertz CT molecular complexity index is 2380. The fraction of sp³-hybridized carbons (Fsp3) is 0. The molecule has 0 aliphatic carbocycles. The van der Waals surface area contributed by atoms with Crippen molar-refractivity contribution in [3.63, 3.8) is 0 Å². The van der Waals surface area contributed by atoms with Crippen LogP contribution >= 0.6 is 22.7 Å². The number of rotatable bonds is 2. The van der Waals surface area contributed by atoms with Gasteiger partial charge in [0.05, 0.1) is 25.9 Å². The number of nitrogens with zero attached hydrogens (tertiary/aromatic N) is 3. The predicted octanol–water partition coefficient (Wildman–Crippen LogP) is 9.98. The minimum absolute atomic E-state index is 1.04. The first-order chi connectivity index (χ1) is 19.4. The van der Waals surface area contributed by atoms with E-state index in [-0.39, 0.29) is 0 Å². The van der Waals surface area contributed by atoms with Crippen LogP contribution in [0.25, 0.3) is 79.1 Å². The van der Waals surface area contributed by atoms with Crippen molar-refractivity contribution < 1.29 is 0 Å². The monoisotopic (exact) mass is 533 g/mol. The van der Waals surface area contributed by atoms with Crippen molar-refractivity contribution in [2.24, 2.45) is 0 Å². The van der Waals surface area contributed by atoms with E-state index in [0.717, 1.165) is 15.9 Å². The molecule has 4 heterocycles. The predicted molar refractivity (Wildman–Crippen MR) is 168 cm³/mol. The Morgan fingerprint density at radius 2 is 1.28 bits per heavy atom. The van der Waals surface area contributed by atoms with Crippen LogP contribution in [0.5, 0.6) is 0 Å². The summed E-state index contributed by atoms with van der Waals surface area (Å²) >= 11 is 3.70. The Labute approximate surface area is 231 Å². The molecule has 0 radical (unpaired) electrons. The number of aromatic nitrogens is 3. The van der Waals surface area contributed by atoms with Gasteiger partial charge in [-0.15, -0.1) is 22.7 Å². The van der Waals surface area contributed by atoms with E-state index in [2.05, 4.69) is 113 Å². The van der Waals surface area contributed by atoms with Crippen LogP contribution < -0.4 is 0 Å². The largest absolute Gasteiger partial charge is 0.308 e. The molecule has 9 rings (SSSR count). The van der Waals surface area contributed by atoms with Crippen molar-refractivity contribution in [3.05, 3.63) is 116 Å². The van der Waals surface area contributed by atoms with Crippen LogP contribution in [-0.4, -0.2) is 14.5 Å². The summed E-state index contributed by atoms with van der Waals surface area (Å²) in [5.41, 5.74) is 7.10. The van der Waals surface area contributed by atoms with Crippen LogP contribution in [0.4, 0.5) is 0 Å². The zero-order valence-electron chi connectivity index (χ0n) is 20.6. The third kappa shape index (κ3) is 2.91. The molecule has 0 amide bonds. The number of hydrogen-bond acceptors (Lipinski definition) is 4. The van der Waals surface area contributed by atoms with E-state index in [1.165, 1.54) is 63.2 Å². The molecule has 0 spiro atoms. The lowest BCUT2D eigenvalue weighted by molar-refractivity contribution is 1.19. The smallest absolute Gasteiger partial charge is 0.116 e. The Kier molecular flexibility index (Phi) is 4.36. The summed E-state index contributed by atoms with van der Waals surface area (Å²) in [6, 6.07) is 37.1. The quantitative estimate of drug-likeness (QED) is 0.221. The van der Waals surface area contributed by atoms with Gasteiger partial charge in [0.2, 0.25) is 0 Å². The van der Waals surface area contributed by atoms with Crippen molar-refractivity contribution in [3.8, 4) is 16.8 Å². The maximum absolute atomic E-state index is 4.82. The van der Waals surface area contributed by atoms with Gasteiger partial charge >= 0.3 is 0 Å². The summed E-state index contributed by atoms with van der Waals surface area (Å²) in [5, 5.41) is 6.39. The van der Waals surface area contributed by atoms with E-state index < -0.39 is 0 Å². The summed E-state index contributed by atoms with van der Waals surface area (Å²) in [4.78, 5) is 9.18. The molecule has 0 unspecified atom stereocenters. The van der Waals surface area contributed by atoms with E-state index in [0.29, 0.717) is 0 Å². The SMILES string of the molecule is c1ccc(-c2ccc(-n3c4ccccc4c4c5c6ncncc6sc5c5c6ccccc6sc5c43)cc2)cc1. The molecule has 0 aliphatic rings. The number of thiophene rings is 2. The topological polar surface area (TPSA) is 30.7 Å². The molecule has 5 aromatic carbocycles. The average Bonchev–Trinajstić information content (AvgIpc) is 3.67. The number of para-hydroxylation sites is 1. The highest BCUT2D eigenvalue weighted by Gasteiger charge is 2.24. The highest BCUT2D eigenvalue weighted by molar-refractivity contribution is 7.30. The summed E-state index contributed by atoms with van der Waals surface area (Å²) in [6.07, 6.45) is 3.64. The van der Waals surface area contributed by atoms with Gasteiger partial charge in [0, 0.05) is 48.2 Å². The summed E-state index contributed by atoms with van der Waals surface area (Å²) in [7, 11) is 0. The highest BCUT2D eigenvalue weighted by Crippen LogP contribution is 2.51. The van der Waals surface area contributed by atoms with Gasteiger partial charge in [0.1, 0.15) is 6.33 Å². The normalized spacial score (nSPS) is 12.1. The summed E-state index contributed by atoms with van der Waals surface area (Å²) in [5.74, 6) is 0. The molecule has 39 heavy (non-hydrogen) atoms. The van der Waals surface area contributed by atoms with Crippen LogP contribution in [0.1, 0.15) is 0 Å². The lowest BCUT2D eigenvalue weighted by atomic mass is 10.0. The minimum Gasteiger partial charge on any atom is -0.308 e. The van der Waals surface area contributed by atoms with Crippen LogP contribution in [0.15, 0.2) is 116 Å². The van der Waals surface area contributed by atoms with Gasteiger partial charge in [-0.3, -0.25) is 0 Å². The first-order valence-corrected chi connectivity index (χ1v) is 14.5. The second-order valence-electron chi connectivity index (χ2n) is 9.83. The number of fused-ring (bicyclic) bond motifs is 12. The highest BCUT2D eigenvalue weighted by atomic mass is 32.1. The second kappa shape index (κ2) is 7.96. The first-order valence-electron chi connectivity index (χ1n) is 12.9. The van der Waals surface area contributed by atoms with Gasteiger partial charge in [-0.05, 0) is 35.4 Å². The Morgan fingerprint density at radius 1 is 0.564 bits per heavy atom. The third-order valence-electron chi connectivity index (χ3n) is 7.75. The minimum atomic E-state index is 1.04. The third-order valence-corrected chi connectivity index (χ3v) is 10.1. The van der Waals surface area contributed by atoms with Crippen molar-refractivity contribution in [2.45, 2.75) is 0 Å². The lowest BCUT2D eigenvalue weighted by Gasteiger charge is -2.10. The van der Waals surface area contributed by atoms with E-state index in [1.54, 1.807) is 6.33 Å². The van der Waals surface area contributed by atoms with Crippen LogP contribution in [0.2, 0.25) is 0 Å². The van der Waals surface area contributed by atoms with Crippen LogP contribution in [0.3, 0.4) is 0 Å². The van der Waals surface area contributed by atoms with E-state index in [9.17, 15) is 0 Å². The fourth-order valence-corrected chi connectivity index (χ4v) is 8.62. The van der Waals surface area contributed by atoms with Gasteiger partial charge < -0.3 is 4.57 Å². The molecule has 0 atom stereocenters. The Hall–Kier alpha value is -4.58. The maximum Gasteiger partial charge on any atom is 0.116 e. The van der Waals surface area contributed by atoms with Crippen LogP contribution in [0, 0.1) is 0 Å². The molecule has 0 fully saturated rings. The summed E-state index contributed by atoms with van der Waals surface area (Å²) in [6.45, 7) is 0. The molecule has 182 valence electrons. The van der Waals surface area contributed by atoms with Gasteiger partial charge in [-0.1, -0.05) is 78.9 Å². The molecule has 5 heteroatoms. The van der Waals surface area contributed by atoms with E-state index in [1.807, 2.05) is 28.9 Å². The van der Waals surface area contributed by atoms with Crippen molar-refractivity contribution in [1.29, 1.82) is 0 Å². The summed E-state index contributed by atoms with van der Waals surface area (Å²) < 4.78 is 7.51. The zero-order valence-corrected chi connectivity index (χ0v) is 22.3. The molecule has 0 saturated carbocycles. The fourth-order valence-electron chi connectivity index (χ4n) is 6.10. The molecule has 0 N–H and O–H groups in total. The molecule has 0 saturated heterocycles. The molecular formula is C34H19N3S2. The van der Waals surface area contributed by atoms with Gasteiger partial charge in [0.15, 0.2) is 0 Å². The van der Waals surface area contributed by atoms with Crippen LogP contribution in [-0.2, 0) is 0 Å². The van der Waals surface area contributed by atoms with Gasteiger partial charge in [-0.25, -0.2) is 9.97 Å². The average molecular weight is 534 g/mol. The van der Waals surface area contributed by atoms with Crippen molar-refractivity contribution in [2.75, 3.05) is 0 Å². The zero-order chi connectivity index (χ0) is 25.5. The van der Waals surface area contributed by atoms with E-state index >= 15 is 0 Å². The molecule has 0 aliphatic heterocycles. The maximum atomic E-state index is 4.82. The first kappa shape index (κ1) is 21.4. The standard InChI is InChI=1S/C34H19N3S2/c1-2-8-20(9-3-1)21-14-16-22(17-15-21)37-25-12-6-4-10-23(25)28-30-31-27(18-35-19-36-31)39-33(30)29-24-11-5-7-13-26(24)38-34(29)32(28)37/h1-19H. The molecule has 9 aromatic rings. The lowest BCUT2D eigenvalue weighted by Crippen LogP contribution is -1.94. The van der Waals surface area contributed by atoms with Gasteiger partial charge in [-0.2, -0.15) is 0 Å². The molecule has 3 nitrogen and oxygen atoms in total. The Balaban J connectivity index is 1.50. The van der Waals surface area contributed by atoms with Crippen molar-refractivity contribution >= 4 is 85.0 Å². The number of benzene rings is 5. The van der Waals surface area contributed by atoms with E-state index in [4.69, 9.17) is 4.98 Å². The molecular weight excluding hydrogens is 515 g/mol. The van der Waals surface area contributed by atoms with Crippen molar-refractivity contribution in [1.82, 2.24) is 14.5 Å². The van der Waals surface area contributed by atoms with Gasteiger partial charge in [0.25, 0.3) is 0 Å². The molecule has 0 bridgehead atoms. The number of hydrogen-bond donors (Lipinski definition) is 0.